The highest BCUT2D eigenvalue weighted by Gasteiger charge is 2.55. The van der Waals surface area contributed by atoms with Crippen LogP contribution in [0.1, 0.15) is 6.92 Å². The Bertz CT molecular complexity index is 741. The Morgan fingerprint density at radius 1 is 0.808 bits per heavy atom. The highest BCUT2D eigenvalue weighted by atomic mass is 79.9. The number of esters is 1. The van der Waals surface area contributed by atoms with E-state index in [0.29, 0.717) is 6.61 Å². The minimum atomic E-state index is -2.29. The number of rotatable bonds is 6. The molecule has 1 atom stereocenters. The Labute approximate surface area is 163 Å². The third-order valence-corrected chi connectivity index (χ3v) is 10.8. The van der Waals surface area contributed by atoms with Crippen molar-refractivity contribution in [1.29, 1.82) is 0 Å². The minimum Gasteiger partial charge on any atom is -0.462 e. The molecule has 4 heteroatoms. The van der Waals surface area contributed by atoms with Crippen molar-refractivity contribution in [3.8, 4) is 0 Å². The van der Waals surface area contributed by atoms with Crippen LogP contribution in [0, 0.1) is 0 Å². The van der Waals surface area contributed by atoms with Gasteiger partial charge in [-0.3, -0.25) is 0 Å². The molecule has 0 fully saturated rings. The normalized spacial score (nSPS) is 12.4. The van der Waals surface area contributed by atoms with E-state index in [-0.39, 0.29) is 5.97 Å². The van der Waals surface area contributed by atoms with Crippen LogP contribution in [-0.4, -0.2) is 17.1 Å². The molecule has 2 nitrogen and oxygen atoms in total. The van der Waals surface area contributed by atoms with Gasteiger partial charge in [0.25, 0.3) is 0 Å². The molecule has 0 aromatic heterocycles. The summed E-state index contributed by atoms with van der Waals surface area (Å²) in [5.41, 5.74) is 0. The van der Waals surface area contributed by atoms with Gasteiger partial charge in [0.1, 0.15) is 23.2 Å². The summed E-state index contributed by atoms with van der Waals surface area (Å²) in [6.07, 6.45) is 0. The fourth-order valence-corrected chi connectivity index (χ4v) is 9.46. The predicted octanol–water partition coefficient (Wildman–Crippen LogP) is 4.26. The van der Waals surface area contributed by atoms with Crippen LogP contribution in [0.2, 0.25) is 0 Å². The van der Waals surface area contributed by atoms with E-state index in [1.54, 1.807) is 0 Å². The monoisotopic (exact) mass is 427 g/mol. The van der Waals surface area contributed by atoms with Crippen LogP contribution in [0.5, 0.6) is 0 Å². The maximum absolute atomic E-state index is 12.9. The lowest BCUT2D eigenvalue weighted by Crippen LogP contribution is -2.40. The van der Waals surface area contributed by atoms with E-state index in [0.717, 1.165) is 15.9 Å². The molecule has 0 saturated carbocycles. The van der Waals surface area contributed by atoms with Crippen LogP contribution < -0.4 is 15.9 Å². The molecule has 3 aromatic rings. The third-order valence-electron chi connectivity index (χ3n) is 4.31. The number of hydrogen-bond acceptors (Lipinski definition) is 2. The van der Waals surface area contributed by atoms with Gasteiger partial charge in [0.05, 0.1) is 6.61 Å². The molecule has 0 aliphatic carbocycles. The van der Waals surface area contributed by atoms with Gasteiger partial charge in [-0.05, 0) is 59.3 Å². The molecule has 0 amide bonds. The average Bonchev–Trinajstić information content (AvgIpc) is 2.71. The zero-order valence-electron chi connectivity index (χ0n) is 14.6. The number of carbonyl (C=O) groups is 1. The zero-order valence-corrected chi connectivity index (χ0v) is 17.1. The molecular weight excluding hydrogens is 407 g/mol. The zero-order chi connectivity index (χ0) is 18.4. The molecule has 26 heavy (non-hydrogen) atoms. The smallest absolute Gasteiger partial charge is 0.359 e. The minimum absolute atomic E-state index is 0.225. The fraction of sp³-hybridized carbons (Fsp3) is 0.136. The molecule has 0 aliphatic heterocycles. The number of halogens is 1. The van der Waals surface area contributed by atoms with Crippen LogP contribution in [0.15, 0.2) is 91.0 Å². The van der Waals surface area contributed by atoms with Crippen LogP contribution in [0.3, 0.4) is 0 Å². The van der Waals surface area contributed by atoms with Crippen LogP contribution in [-0.2, 0) is 9.53 Å². The summed E-state index contributed by atoms with van der Waals surface area (Å²) in [7, 11) is -2.29. The van der Waals surface area contributed by atoms with Gasteiger partial charge >= 0.3 is 5.97 Å². The van der Waals surface area contributed by atoms with E-state index in [1.165, 1.54) is 0 Å². The Hall–Kier alpha value is -1.96. The first kappa shape index (κ1) is 18.8. The number of ether oxygens (including phenoxy) is 1. The van der Waals surface area contributed by atoms with E-state index in [2.05, 4.69) is 52.3 Å². The lowest BCUT2D eigenvalue weighted by atomic mass is 10.4. The fourth-order valence-electron chi connectivity index (χ4n) is 3.20. The summed E-state index contributed by atoms with van der Waals surface area (Å²) in [4.78, 5) is 12.9. The van der Waals surface area contributed by atoms with Gasteiger partial charge < -0.3 is 4.74 Å². The lowest BCUT2D eigenvalue weighted by Gasteiger charge is -2.30. The second kappa shape index (κ2) is 8.62. The van der Waals surface area contributed by atoms with Crippen molar-refractivity contribution >= 4 is 45.1 Å². The molecule has 0 aliphatic rings. The molecule has 3 aromatic carbocycles. The summed E-state index contributed by atoms with van der Waals surface area (Å²) in [6.45, 7) is 2.20. The standard InChI is InChI=1S/C22H21BrO2P/c1-2-25-22(24)21(23)26(18-12-6-3-7-13-18,19-14-8-4-9-15-19)20-16-10-5-11-17-20/h3-17,21H,2H2,1H3/q+1. The Kier molecular flexibility index (Phi) is 6.24. The topological polar surface area (TPSA) is 26.3 Å². The lowest BCUT2D eigenvalue weighted by molar-refractivity contribution is -0.140. The molecule has 0 radical (unpaired) electrons. The van der Waals surface area contributed by atoms with Gasteiger partial charge in [-0.1, -0.05) is 54.6 Å². The molecule has 1 unspecified atom stereocenters. The summed E-state index contributed by atoms with van der Waals surface area (Å²) < 4.78 is 4.96. The van der Waals surface area contributed by atoms with Crippen molar-refractivity contribution in [3.63, 3.8) is 0 Å². The maximum atomic E-state index is 12.9. The molecule has 0 saturated heterocycles. The van der Waals surface area contributed by atoms with Crippen LogP contribution >= 0.6 is 23.2 Å². The van der Waals surface area contributed by atoms with Crippen molar-refractivity contribution in [2.45, 2.75) is 11.5 Å². The molecular formula is C22H21BrO2P+. The number of alkyl halides is 1. The molecule has 0 spiro atoms. The maximum Gasteiger partial charge on any atom is 0.359 e. The highest BCUT2D eigenvalue weighted by Crippen LogP contribution is 2.62. The number of hydrogen-bond donors (Lipinski definition) is 0. The summed E-state index contributed by atoms with van der Waals surface area (Å²) in [5, 5.41) is 3.44. The average molecular weight is 428 g/mol. The first-order valence-electron chi connectivity index (χ1n) is 8.57. The van der Waals surface area contributed by atoms with E-state index in [4.69, 9.17) is 4.74 Å². The van der Waals surface area contributed by atoms with Gasteiger partial charge in [-0.15, -0.1) is 0 Å². The van der Waals surface area contributed by atoms with E-state index >= 15 is 0 Å². The second-order valence-corrected chi connectivity index (χ2v) is 11.0. The third kappa shape index (κ3) is 3.47. The van der Waals surface area contributed by atoms with Crippen LogP contribution in [0.4, 0.5) is 0 Å². The van der Waals surface area contributed by atoms with E-state index in [9.17, 15) is 4.79 Å². The first-order chi connectivity index (χ1) is 12.7. The van der Waals surface area contributed by atoms with Crippen molar-refractivity contribution < 1.29 is 9.53 Å². The highest BCUT2D eigenvalue weighted by molar-refractivity contribution is 9.11. The molecule has 3 rings (SSSR count). The Morgan fingerprint density at radius 2 is 1.15 bits per heavy atom. The van der Waals surface area contributed by atoms with Crippen LogP contribution in [0.25, 0.3) is 0 Å². The quantitative estimate of drug-likeness (QED) is 0.333. The van der Waals surface area contributed by atoms with E-state index < -0.39 is 11.8 Å². The Morgan fingerprint density at radius 3 is 1.46 bits per heavy atom. The molecule has 0 heterocycles. The predicted molar refractivity (Wildman–Crippen MR) is 114 cm³/mol. The largest absolute Gasteiger partial charge is 0.462 e. The summed E-state index contributed by atoms with van der Waals surface area (Å²) in [6, 6.07) is 30.9. The van der Waals surface area contributed by atoms with Gasteiger partial charge in [-0.2, -0.15) is 0 Å². The molecule has 0 bridgehead atoms. The number of benzene rings is 3. The summed E-state index contributed by atoms with van der Waals surface area (Å²) in [5.74, 6) is -0.225. The molecule has 0 N–H and O–H groups in total. The van der Waals surface area contributed by atoms with Crippen molar-refractivity contribution in [2.75, 3.05) is 6.61 Å². The van der Waals surface area contributed by atoms with Gasteiger partial charge in [0.15, 0.2) is 0 Å². The molecule has 132 valence electrons. The van der Waals surface area contributed by atoms with Gasteiger partial charge in [-0.25, -0.2) is 4.79 Å². The Balaban J connectivity index is 2.33. The second-order valence-electron chi connectivity index (χ2n) is 5.82. The summed E-state index contributed by atoms with van der Waals surface area (Å²) >= 11 is 3.75. The SMILES string of the molecule is CCOC(=O)C(Br)[P+](c1ccccc1)(c1ccccc1)c1ccccc1. The van der Waals surface area contributed by atoms with Crippen molar-refractivity contribution in [2.24, 2.45) is 0 Å². The van der Waals surface area contributed by atoms with Crippen molar-refractivity contribution in [1.82, 2.24) is 0 Å². The van der Waals surface area contributed by atoms with Gasteiger partial charge in [0.2, 0.25) is 4.57 Å². The van der Waals surface area contributed by atoms with Crippen molar-refractivity contribution in [3.05, 3.63) is 91.0 Å². The number of carbonyl (C=O) groups excluding carboxylic acids is 1. The van der Waals surface area contributed by atoms with Gasteiger partial charge in [0, 0.05) is 0 Å². The van der Waals surface area contributed by atoms with E-state index in [1.807, 2.05) is 61.5 Å². The first-order valence-corrected chi connectivity index (χ1v) is 11.3.